The summed E-state index contributed by atoms with van der Waals surface area (Å²) >= 11 is 0. The Kier molecular flexibility index (Phi) is 3.08. The number of ketones is 1. The molecule has 86 valence electrons. The van der Waals surface area contributed by atoms with Crippen molar-refractivity contribution in [1.29, 1.82) is 0 Å². The molecule has 1 fully saturated rings. The standard InChI is InChI=1S/C14H17FO/c1-11(16)12-5-7-13(8-6-12)14(15)9-3-2-4-10-14/h5-8H,2-4,9-10H2,1H3. The van der Waals surface area contributed by atoms with Crippen LogP contribution in [0.15, 0.2) is 24.3 Å². The summed E-state index contributed by atoms with van der Waals surface area (Å²) in [7, 11) is 0. The van der Waals surface area contributed by atoms with Gasteiger partial charge in [-0.3, -0.25) is 4.79 Å². The van der Waals surface area contributed by atoms with Crippen molar-refractivity contribution < 1.29 is 9.18 Å². The van der Waals surface area contributed by atoms with E-state index in [1.54, 1.807) is 24.3 Å². The van der Waals surface area contributed by atoms with Crippen LogP contribution in [0.2, 0.25) is 0 Å². The highest BCUT2D eigenvalue weighted by molar-refractivity contribution is 5.94. The molecule has 16 heavy (non-hydrogen) atoms. The summed E-state index contributed by atoms with van der Waals surface area (Å²) in [5.41, 5.74) is 0.230. The smallest absolute Gasteiger partial charge is 0.159 e. The number of alkyl halides is 1. The highest BCUT2D eigenvalue weighted by atomic mass is 19.1. The van der Waals surface area contributed by atoms with E-state index in [2.05, 4.69) is 0 Å². The molecule has 0 heterocycles. The molecule has 0 amide bonds. The molecule has 0 unspecified atom stereocenters. The Morgan fingerprint density at radius 2 is 1.69 bits per heavy atom. The lowest BCUT2D eigenvalue weighted by molar-refractivity contribution is 0.101. The summed E-state index contributed by atoms with van der Waals surface area (Å²) in [5.74, 6) is 0.0307. The number of hydrogen-bond acceptors (Lipinski definition) is 1. The Bertz CT molecular complexity index is 374. The van der Waals surface area contributed by atoms with Gasteiger partial charge >= 0.3 is 0 Å². The lowest BCUT2D eigenvalue weighted by Gasteiger charge is -2.29. The minimum Gasteiger partial charge on any atom is -0.295 e. The Morgan fingerprint density at radius 1 is 1.12 bits per heavy atom. The zero-order chi connectivity index (χ0) is 11.6. The third kappa shape index (κ3) is 2.16. The first-order chi connectivity index (χ1) is 7.62. The van der Waals surface area contributed by atoms with Crippen LogP contribution in [0, 0.1) is 0 Å². The van der Waals surface area contributed by atoms with E-state index < -0.39 is 5.67 Å². The average Bonchev–Trinajstić information content (AvgIpc) is 2.30. The fourth-order valence-corrected chi connectivity index (χ4v) is 2.40. The van der Waals surface area contributed by atoms with Gasteiger partial charge in [0.05, 0.1) is 0 Å². The molecular formula is C14H17FO. The molecule has 0 aromatic heterocycles. The Hall–Kier alpha value is -1.18. The fraction of sp³-hybridized carbons (Fsp3) is 0.500. The van der Waals surface area contributed by atoms with Crippen LogP contribution in [-0.2, 0) is 5.67 Å². The summed E-state index contributed by atoms with van der Waals surface area (Å²) < 4.78 is 14.6. The molecule has 1 saturated carbocycles. The summed E-state index contributed by atoms with van der Waals surface area (Å²) in [5, 5.41) is 0. The van der Waals surface area contributed by atoms with Crippen molar-refractivity contribution >= 4 is 5.78 Å². The van der Waals surface area contributed by atoms with Gasteiger partial charge in [0.15, 0.2) is 5.78 Å². The Morgan fingerprint density at radius 3 is 2.19 bits per heavy atom. The van der Waals surface area contributed by atoms with E-state index in [1.165, 1.54) is 6.92 Å². The molecule has 1 aromatic rings. The van der Waals surface area contributed by atoms with Gasteiger partial charge in [-0.25, -0.2) is 4.39 Å². The fourth-order valence-electron chi connectivity index (χ4n) is 2.40. The van der Waals surface area contributed by atoms with E-state index in [0.29, 0.717) is 18.4 Å². The third-order valence-electron chi connectivity index (χ3n) is 3.45. The maximum atomic E-state index is 14.6. The van der Waals surface area contributed by atoms with Crippen LogP contribution in [0.1, 0.15) is 54.9 Å². The van der Waals surface area contributed by atoms with Gasteiger partial charge in [-0.05, 0) is 38.2 Å². The van der Waals surface area contributed by atoms with E-state index in [1.807, 2.05) is 0 Å². The number of hydrogen-bond donors (Lipinski definition) is 0. The first-order valence-corrected chi connectivity index (χ1v) is 5.92. The molecule has 0 saturated heterocycles. The van der Waals surface area contributed by atoms with Crippen LogP contribution >= 0.6 is 0 Å². The molecule has 0 radical (unpaired) electrons. The highest BCUT2D eigenvalue weighted by Crippen LogP contribution is 2.40. The van der Waals surface area contributed by atoms with Crippen LogP contribution in [0.3, 0.4) is 0 Å². The molecule has 0 aliphatic heterocycles. The van der Waals surface area contributed by atoms with Crippen LogP contribution in [0.25, 0.3) is 0 Å². The number of benzene rings is 1. The predicted molar refractivity (Wildman–Crippen MR) is 62.3 cm³/mol. The Labute approximate surface area is 95.7 Å². The lowest BCUT2D eigenvalue weighted by atomic mass is 9.81. The number of carbonyl (C=O) groups is 1. The van der Waals surface area contributed by atoms with E-state index in [0.717, 1.165) is 24.8 Å². The van der Waals surface area contributed by atoms with Gasteiger partial charge < -0.3 is 0 Å². The monoisotopic (exact) mass is 220 g/mol. The maximum Gasteiger partial charge on any atom is 0.159 e. The van der Waals surface area contributed by atoms with Crippen molar-refractivity contribution in [1.82, 2.24) is 0 Å². The van der Waals surface area contributed by atoms with Gasteiger partial charge in [0.1, 0.15) is 5.67 Å². The van der Waals surface area contributed by atoms with Gasteiger partial charge in [0.2, 0.25) is 0 Å². The number of carbonyl (C=O) groups excluding carboxylic acids is 1. The minimum absolute atomic E-state index is 0.0307. The molecule has 0 spiro atoms. The molecular weight excluding hydrogens is 203 g/mol. The van der Waals surface area contributed by atoms with Gasteiger partial charge in [0.25, 0.3) is 0 Å². The predicted octanol–water partition coefficient (Wildman–Crippen LogP) is 4.02. The number of rotatable bonds is 2. The van der Waals surface area contributed by atoms with Crippen LogP contribution < -0.4 is 0 Å². The molecule has 1 aliphatic rings. The summed E-state index contributed by atoms with van der Waals surface area (Å²) in [6, 6.07) is 6.99. The molecule has 0 bridgehead atoms. The zero-order valence-electron chi connectivity index (χ0n) is 9.63. The SMILES string of the molecule is CC(=O)c1ccc(C2(F)CCCCC2)cc1. The van der Waals surface area contributed by atoms with Gasteiger partial charge in [-0.2, -0.15) is 0 Å². The van der Waals surface area contributed by atoms with Gasteiger partial charge in [-0.1, -0.05) is 30.7 Å². The van der Waals surface area contributed by atoms with E-state index in [9.17, 15) is 9.18 Å². The van der Waals surface area contributed by atoms with Crippen molar-refractivity contribution in [2.24, 2.45) is 0 Å². The van der Waals surface area contributed by atoms with Crippen LogP contribution in [0.5, 0.6) is 0 Å². The minimum atomic E-state index is -1.16. The third-order valence-corrected chi connectivity index (χ3v) is 3.45. The molecule has 1 aliphatic carbocycles. The quantitative estimate of drug-likeness (QED) is 0.688. The second kappa shape index (κ2) is 4.36. The first kappa shape index (κ1) is 11.3. The van der Waals surface area contributed by atoms with Crippen molar-refractivity contribution in [3.05, 3.63) is 35.4 Å². The number of halogens is 1. The van der Waals surface area contributed by atoms with Crippen molar-refractivity contribution in [2.75, 3.05) is 0 Å². The summed E-state index contributed by atoms with van der Waals surface area (Å²) in [4.78, 5) is 11.1. The molecule has 1 nitrogen and oxygen atoms in total. The first-order valence-electron chi connectivity index (χ1n) is 5.92. The van der Waals surface area contributed by atoms with E-state index in [-0.39, 0.29) is 5.78 Å². The number of Topliss-reactive ketones (excluding diaryl/α,β-unsaturated/α-hetero) is 1. The molecule has 0 N–H and O–H groups in total. The largest absolute Gasteiger partial charge is 0.295 e. The average molecular weight is 220 g/mol. The summed E-state index contributed by atoms with van der Waals surface area (Å²) in [6.45, 7) is 1.53. The van der Waals surface area contributed by atoms with Crippen LogP contribution in [0.4, 0.5) is 4.39 Å². The van der Waals surface area contributed by atoms with Crippen molar-refractivity contribution in [3.8, 4) is 0 Å². The molecule has 0 atom stereocenters. The van der Waals surface area contributed by atoms with Crippen molar-refractivity contribution in [2.45, 2.75) is 44.7 Å². The van der Waals surface area contributed by atoms with Gasteiger partial charge in [0, 0.05) is 5.56 Å². The topological polar surface area (TPSA) is 17.1 Å². The molecule has 1 aromatic carbocycles. The highest BCUT2D eigenvalue weighted by Gasteiger charge is 2.33. The van der Waals surface area contributed by atoms with Crippen LogP contribution in [-0.4, -0.2) is 5.78 Å². The lowest BCUT2D eigenvalue weighted by Crippen LogP contribution is -2.23. The summed E-state index contributed by atoms with van der Waals surface area (Å²) in [6.07, 6.45) is 4.30. The zero-order valence-corrected chi connectivity index (χ0v) is 9.63. The van der Waals surface area contributed by atoms with E-state index in [4.69, 9.17) is 0 Å². The van der Waals surface area contributed by atoms with Gasteiger partial charge in [-0.15, -0.1) is 0 Å². The second-order valence-corrected chi connectivity index (χ2v) is 4.66. The Balaban J connectivity index is 2.23. The second-order valence-electron chi connectivity index (χ2n) is 4.66. The maximum absolute atomic E-state index is 14.6. The van der Waals surface area contributed by atoms with E-state index >= 15 is 0 Å². The van der Waals surface area contributed by atoms with Crippen molar-refractivity contribution in [3.63, 3.8) is 0 Å². The molecule has 2 rings (SSSR count). The normalized spacial score (nSPS) is 19.4. The molecule has 2 heteroatoms.